The molecule has 21 heavy (non-hydrogen) atoms. The van der Waals surface area contributed by atoms with Gasteiger partial charge >= 0.3 is 0 Å². The van der Waals surface area contributed by atoms with Crippen LogP contribution < -0.4 is 4.74 Å². The molecule has 2 aromatic carbocycles. The Balaban J connectivity index is 1.93. The van der Waals surface area contributed by atoms with Crippen LogP contribution in [-0.4, -0.2) is 17.3 Å². The van der Waals surface area contributed by atoms with Gasteiger partial charge < -0.3 is 4.74 Å². The van der Waals surface area contributed by atoms with E-state index in [0.717, 1.165) is 26.9 Å². The fourth-order valence-corrected chi connectivity index (χ4v) is 3.23. The molecule has 0 aliphatic heterocycles. The van der Waals surface area contributed by atoms with Crippen molar-refractivity contribution in [1.29, 1.82) is 0 Å². The van der Waals surface area contributed by atoms with Crippen LogP contribution in [0.2, 0.25) is 0 Å². The zero-order valence-corrected chi connectivity index (χ0v) is 12.9. The van der Waals surface area contributed by atoms with Gasteiger partial charge in [-0.25, -0.2) is 0 Å². The Bertz CT molecular complexity index is 730. The van der Waals surface area contributed by atoms with E-state index in [2.05, 4.69) is 10.2 Å². The first kappa shape index (κ1) is 14.0. The smallest absolute Gasteiger partial charge is 0.151 e. The van der Waals surface area contributed by atoms with Gasteiger partial charge in [0.15, 0.2) is 5.01 Å². The van der Waals surface area contributed by atoms with Crippen LogP contribution in [0, 0.1) is 0 Å². The van der Waals surface area contributed by atoms with E-state index in [4.69, 9.17) is 16.3 Å². The predicted molar refractivity (Wildman–Crippen MR) is 86.0 cm³/mol. The van der Waals surface area contributed by atoms with Crippen LogP contribution in [0.5, 0.6) is 5.75 Å². The van der Waals surface area contributed by atoms with E-state index in [0.29, 0.717) is 0 Å². The van der Waals surface area contributed by atoms with Gasteiger partial charge in [0.05, 0.1) is 12.7 Å². The van der Waals surface area contributed by atoms with E-state index in [1.54, 1.807) is 7.11 Å². The van der Waals surface area contributed by atoms with Crippen molar-refractivity contribution in [2.75, 3.05) is 7.11 Å². The molecule has 1 heterocycles. The molecule has 106 valence electrons. The zero-order valence-electron chi connectivity index (χ0n) is 11.4. The topological polar surface area (TPSA) is 35.0 Å². The van der Waals surface area contributed by atoms with E-state index in [9.17, 15) is 0 Å². The highest BCUT2D eigenvalue weighted by atomic mass is 35.5. The minimum absolute atomic E-state index is 0.285. The number of halogens is 1. The van der Waals surface area contributed by atoms with Gasteiger partial charge in [-0.1, -0.05) is 53.8 Å². The van der Waals surface area contributed by atoms with Gasteiger partial charge in [-0.2, -0.15) is 0 Å². The molecule has 3 nitrogen and oxygen atoms in total. The second kappa shape index (κ2) is 6.24. The molecule has 0 bridgehead atoms. The fourth-order valence-electron chi connectivity index (χ4n) is 2.03. The largest absolute Gasteiger partial charge is 0.496 e. The van der Waals surface area contributed by atoms with E-state index in [1.165, 1.54) is 11.3 Å². The normalized spacial score (nSPS) is 12.1. The maximum atomic E-state index is 6.48. The summed E-state index contributed by atoms with van der Waals surface area (Å²) >= 11 is 7.97. The molecule has 5 heteroatoms. The van der Waals surface area contributed by atoms with E-state index < -0.39 is 0 Å². The highest BCUT2D eigenvalue weighted by Gasteiger charge is 2.18. The summed E-state index contributed by atoms with van der Waals surface area (Å²) in [6, 6.07) is 17.6. The molecule has 0 radical (unpaired) electrons. The Morgan fingerprint density at radius 3 is 2.48 bits per heavy atom. The summed E-state index contributed by atoms with van der Waals surface area (Å²) in [5.41, 5.74) is 1.95. The van der Waals surface area contributed by atoms with Crippen LogP contribution in [-0.2, 0) is 0 Å². The van der Waals surface area contributed by atoms with E-state index in [-0.39, 0.29) is 5.38 Å². The molecule has 1 atom stereocenters. The summed E-state index contributed by atoms with van der Waals surface area (Å²) < 4.78 is 5.36. The summed E-state index contributed by atoms with van der Waals surface area (Å²) in [6.07, 6.45) is 0. The number of hydrogen-bond acceptors (Lipinski definition) is 4. The number of para-hydroxylation sites is 1. The van der Waals surface area contributed by atoms with Crippen molar-refractivity contribution in [1.82, 2.24) is 10.2 Å². The summed E-state index contributed by atoms with van der Waals surface area (Å²) in [5, 5.41) is 9.78. The van der Waals surface area contributed by atoms with Crippen molar-refractivity contribution in [2.45, 2.75) is 5.38 Å². The van der Waals surface area contributed by atoms with Crippen LogP contribution in [0.25, 0.3) is 10.6 Å². The molecule has 3 aromatic rings. The molecule has 0 aliphatic carbocycles. The van der Waals surface area contributed by atoms with Crippen LogP contribution >= 0.6 is 22.9 Å². The van der Waals surface area contributed by atoms with E-state index >= 15 is 0 Å². The average molecular weight is 317 g/mol. The second-order valence-corrected chi connectivity index (χ2v) is 5.86. The first-order chi connectivity index (χ1) is 10.3. The Kier molecular flexibility index (Phi) is 4.18. The predicted octanol–water partition coefficient (Wildman–Crippen LogP) is 4.54. The van der Waals surface area contributed by atoms with Crippen LogP contribution in [0.4, 0.5) is 0 Å². The molecule has 3 rings (SSSR count). The number of methoxy groups -OCH3 is 1. The number of hydrogen-bond donors (Lipinski definition) is 0. The average Bonchev–Trinajstić information content (AvgIpc) is 3.04. The maximum absolute atomic E-state index is 6.48. The van der Waals surface area contributed by atoms with Crippen molar-refractivity contribution in [2.24, 2.45) is 0 Å². The van der Waals surface area contributed by atoms with Crippen molar-refractivity contribution < 1.29 is 4.74 Å². The quantitative estimate of drug-likeness (QED) is 0.663. The van der Waals surface area contributed by atoms with Gasteiger partial charge in [-0.05, 0) is 17.7 Å². The molecule has 0 fully saturated rings. The summed E-state index contributed by atoms with van der Waals surface area (Å²) in [5.74, 6) is 0.783. The van der Waals surface area contributed by atoms with Crippen LogP contribution in [0.1, 0.15) is 15.9 Å². The lowest BCUT2D eigenvalue weighted by Crippen LogP contribution is -1.91. The Morgan fingerprint density at radius 2 is 1.71 bits per heavy atom. The van der Waals surface area contributed by atoms with Crippen molar-refractivity contribution in [3.8, 4) is 16.3 Å². The molecule has 0 saturated heterocycles. The van der Waals surface area contributed by atoms with Gasteiger partial charge in [0.2, 0.25) is 0 Å². The second-order valence-electron chi connectivity index (χ2n) is 4.42. The third-order valence-corrected chi connectivity index (χ3v) is 4.70. The lowest BCUT2D eigenvalue weighted by atomic mass is 10.1. The highest BCUT2D eigenvalue weighted by Crippen LogP contribution is 2.36. The van der Waals surface area contributed by atoms with Crippen molar-refractivity contribution in [3.05, 3.63) is 65.2 Å². The summed E-state index contributed by atoms with van der Waals surface area (Å²) in [6.45, 7) is 0. The standard InChI is InChI=1S/C16H13ClN2OS/c1-20-13-10-6-5-9-12(13)15-18-19-16(21-15)14(17)11-7-3-2-4-8-11/h2-10,14H,1H3. The monoisotopic (exact) mass is 316 g/mol. The van der Waals surface area contributed by atoms with Crippen molar-refractivity contribution in [3.63, 3.8) is 0 Å². The minimum Gasteiger partial charge on any atom is -0.496 e. The Morgan fingerprint density at radius 1 is 1.00 bits per heavy atom. The van der Waals surface area contributed by atoms with Gasteiger partial charge in [0, 0.05) is 0 Å². The molecule has 1 aromatic heterocycles. The molecule has 1 unspecified atom stereocenters. The number of nitrogens with zero attached hydrogens (tertiary/aromatic N) is 2. The third kappa shape index (κ3) is 2.91. The van der Waals surface area contributed by atoms with Gasteiger partial charge in [0.25, 0.3) is 0 Å². The SMILES string of the molecule is COc1ccccc1-c1nnc(C(Cl)c2ccccc2)s1. The lowest BCUT2D eigenvalue weighted by molar-refractivity contribution is 0.416. The highest BCUT2D eigenvalue weighted by molar-refractivity contribution is 7.15. The molecule has 0 aliphatic rings. The number of alkyl halides is 1. The zero-order chi connectivity index (χ0) is 14.7. The molecule has 0 amide bonds. The summed E-state index contributed by atoms with van der Waals surface area (Å²) in [7, 11) is 1.65. The van der Waals surface area contributed by atoms with Gasteiger partial charge in [0.1, 0.15) is 16.1 Å². The molecule has 0 N–H and O–H groups in total. The lowest BCUT2D eigenvalue weighted by Gasteiger charge is -2.05. The molecule has 0 spiro atoms. The van der Waals surface area contributed by atoms with Gasteiger partial charge in [-0.15, -0.1) is 21.8 Å². The first-order valence-electron chi connectivity index (χ1n) is 6.45. The number of aromatic nitrogens is 2. The molecule has 0 saturated carbocycles. The number of ether oxygens (including phenoxy) is 1. The maximum Gasteiger partial charge on any atom is 0.151 e. The van der Waals surface area contributed by atoms with Crippen LogP contribution in [0.15, 0.2) is 54.6 Å². The van der Waals surface area contributed by atoms with Crippen molar-refractivity contribution >= 4 is 22.9 Å². The summed E-state index contributed by atoms with van der Waals surface area (Å²) in [4.78, 5) is 0. The minimum atomic E-state index is -0.285. The van der Waals surface area contributed by atoms with Crippen LogP contribution in [0.3, 0.4) is 0 Å². The molecular formula is C16H13ClN2OS. The number of rotatable bonds is 4. The molecular weight excluding hydrogens is 304 g/mol. The number of benzene rings is 2. The Labute approximate surface area is 132 Å². The first-order valence-corrected chi connectivity index (χ1v) is 7.70. The third-order valence-electron chi connectivity index (χ3n) is 3.09. The van der Waals surface area contributed by atoms with Gasteiger partial charge in [-0.3, -0.25) is 0 Å². The Hall–Kier alpha value is -1.91. The van der Waals surface area contributed by atoms with E-state index in [1.807, 2.05) is 54.6 Å². The fraction of sp³-hybridized carbons (Fsp3) is 0.125.